The molecule has 176 valence electrons. The highest BCUT2D eigenvalue weighted by Gasteiger charge is 2.34. The zero-order chi connectivity index (χ0) is 24.2. The van der Waals surface area contributed by atoms with Gasteiger partial charge in [-0.05, 0) is 48.6 Å². The van der Waals surface area contributed by atoms with E-state index in [4.69, 9.17) is 11.6 Å². The highest BCUT2D eigenvalue weighted by molar-refractivity contribution is 6.30. The third kappa shape index (κ3) is 4.77. The Morgan fingerprint density at radius 1 is 1.06 bits per heavy atom. The molecule has 0 saturated heterocycles. The van der Waals surface area contributed by atoms with Crippen molar-refractivity contribution in [2.45, 2.75) is 39.3 Å². The minimum absolute atomic E-state index is 0.146. The second kappa shape index (κ2) is 10.3. The molecular formula is C27H28ClN3O3. The number of carbonyl (C=O) groups excluding carboxylic acids is 3. The van der Waals surface area contributed by atoms with Gasteiger partial charge in [-0.25, -0.2) is 0 Å². The molecule has 0 aromatic heterocycles. The first-order valence-corrected chi connectivity index (χ1v) is 11.9. The molecule has 6 nitrogen and oxygen atoms in total. The number of hydrogen-bond donors (Lipinski definition) is 1. The van der Waals surface area contributed by atoms with E-state index < -0.39 is 6.04 Å². The number of benzene rings is 3. The fourth-order valence-electron chi connectivity index (χ4n) is 4.27. The van der Waals surface area contributed by atoms with Gasteiger partial charge in [-0.2, -0.15) is 0 Å². The molecule has 1 heterocycles. The maximum atomic E-state index is 13.6. The van der Waals surface area contributed by atoms with E-state index in [1.165, 1.54) is 9.80 Å². The fourth-order valence-corrected chi connectivity index (χ4v) is 4.39. The highest BCUT2D eigenvalue weighted by atomic mass is 35.5. The molecule has 0 aliphatic carbocycles. The Balaban J connectivity index is 1.59. The number of hydrogen-bond acceptors (Lipinski definition) is 3. The monoisotopic (exact) mass is 477 g/mol. The van der Waals surface area contributed by atoms with E-state index in [0.29, 0.717) is 17.1 Å². The summed E-state index contributed by atoms with van der Waals surface area (Å²) in [5.74, 6) is -0.716. The zero-order valence-electron chi connectivity index (χ0n) is 19.4. The van der Waals surface area contributed by atoms with Crippen molar-refractivity contribution in [3.8, 4) is 0 Å². The summed E-state index contributed by atoms with van der Waals surface area (Å²) in [5, 5.41) is 5.33. The summed E-state index contributed by atoms with van der Waals surface area (Å²) in [6.45, 7) is 4.42. The van der Waals surface area contributed by atoms with Gasteiger partial charge in [-0.3, -0.25) is 19.3 Å². The van der Waals surface area contributed by atoms with Crippen molar-refractivity contribution in [2.75, 3.05) is 18.0 Å². The number of amides is 3. The van der Waals surface area contributed by atoms with E-state index in [2.05, 4.69) is 12.2 Å². The van der Waals surface area contributed by atoms with Crippen molar-refractivity contribution < 1.29 is 14.4 Å². The molecule has 34 heavy (non-hydrogen) atoms. The highest BCUT2D eigenvalue weighted by Crippen LogP contribution is 2.37. The van der Waals surface area contributed by atoms with Crippen LogP contribution in [0.5, 0.6) is 0 Å². The summed E-state index contributed by atoms with van der Waals surface area (Å²) in [7, 11) is 0. The van der Waals surface area contributed by atoms with Crippen molar-refractivity contribution in [2.24, 2.45) is 0 Å². The van der Waals surface area contributed by atoms with Gasteiger partial charge in [-0.1, -0.05) is 61.3 Å². The van der Waals surface area contributed by atoms with Gasteiger partial charge in [0.15, 0.2) is 0 Å². The third-order valence-electron chi connectivity index (χ3n) is 6.21. The van der Waals surface area contributed by atoms with Gasteiger partial charge in [0.1, 0.15) is 12.6 Å². The maximum Gasteiger partial charge on any atom is 0.259 e. The number of halogens is 1. The predicted molar refractivity (Wildman–Crippen MR) is 135 cm³/mol. The Labute approximate surface area is 204 Å². The van der Waals surface area contributed by atoms with Crippen LogP contribution >= 0.6 is 11.6 Å². The average Bonchev–Trinajstić information content (AvgIpc) is 3.11. The van der Waals surface area contributed by atoms with Crippen LogP contribution in [0.15, 0.2) is 60.7 Å². The quantitative estimate of drug-likeness (QED) is 0.450. The minimum Gasteiger partial charge on any atom is -0.354 e. The molecule has 0 spiro atoms. The van der Waals surface area contributed by atoms with Crippen LogP contribution in [-0.2, 0) is 16.1 Å². The predicted octanol–water partition coefficient (Wildman–Crippen LogP) is 4.79. The van der Waals surface area contributed by atoms with Crippen molar-refractivity contribution in [1.82, 2.24) is 10.2 Å². The lowest BCUT2D eigenvalue weighted by Gasteiger charge is -2.30. The topological polar surface area (TPSA) is 69.7 Å². The Hall–Kier alpha value is -3.38. The summed E-state index contributed by atoms with van der Waals surface area (Å²) >= 11 is 6.02. The van der Waals surface area contributed by atoms with Gasteiger partial charge in [0.25, 0.3) is 5.91 Å². The lowest BCUT2D eigenvalue weighted by atomic mass is 10.1. The normalized spacial score (nSPS) is 13.3. The van der Waals surface area contributed by atoms with Gasteiger partial charge >= 0.3 is 0 Å². The largest absolute Gasteiger partial charge is 0.354 e. The molecule has 0 radical (unpaired) electrons. The lowest BCUT2D eigenvalue weighted by molar-refractivity contribution is -0.139. The van der Waals surface area contributed by atoms with Crippen molar-refractivity contribution in [3.05, 3.63) is 76.8 Å². The van der Waals surface area contributed by atoms with Crippen LogP contribution in [0.2, 0.25) is 5.02 Å². The van der Waals surface area contributed by atoms with E-state index >= 15 is 0 Å². The SMILES string of the molecule is CCCCNC(=O)[C@H](C)N(Cc1ccc(Cl)cc1)C(=O)CN1C(=O)c2cccc3cccc1c23. The maximum absolute atomic E-state index is 13.6. The van der Waals surface area contributed by atoms with Crippen molar-refractivity contribution in [3.63, 3.8) is 0 Å². The Morgan fingerprint density at radius 3 is 2.47 bits per heavy atom. The van der Waals surface area contributed by atoms with E-state index in [0.717, 1.165) is 34.9 Å². The number of nitrogens with zero attached hydrogens (tertiary/aromatic N) is 2. The number of rotatable bonds is 9. The first kappa shape index (κ1) is 23.8. The first-order valence-electron chi connectivity index (χ1n) is 11.6. The summed E-state index contributed by atoms with van der Waals surface area (Å²) < 4.78 is 0. The van der Waals surface area contributed by atoms with Gasteiger partial charge in [0.2, 0.25) is 11.8 Å². The molecule has 1 N–H and O–H groups in total. The molecule has 3 aromatic rings. The zero-order valence-corrected chi connectivity index (χ0v) is 20.1. The number of unbranched alkanes of at least 4 members (excludes halogenated alkanes) is 1. The van der Waals surface area contributed by atoms with Crippen LogP contribution in [0.3, 0.4) is 0 Å². The van der Waals surface area contributed by atoms with Crippen LogP contribution in [0.4, 0.5) is 5.69 Å². The van der Waals surface area contributed by atoms with E-state index in [-0.39, 0.29) is 30.8 Å². The molecule has 3 amide bonds. The summed E-state index contributed by atoms with van der Waals surface area (Å²) in [5.41, 5.74) is 2.16. The van der Waals surface area contributed by atoms with Crippen molar-refractivity contribution in [1.29, 1.82) is 0 Å². The van der Waals surface area contributed by atoms with Crippen LogP contribution in [-0.4, -0.2) is 41.8 Å². The molecule has 3 aromatic carbocycles. The molecule has 4 rings (SSSR count). The summed E-state index contributed by atoms with van der Waals surface area (Å²) in [6, 6.07) is 17.8. The molecular weight excluding hydrogens is 450 g/mol. The van der Waals surface area contributed by atoms with Gasteiger partial charge in [0.05, 0.1) is 5.69 Å². The second-order valence-corrected chi connectivity index (χ2v) is 8.98. The Bertz CT molecular complexity index is 1220. The smallest absolute Gasteiger partial charge is 0.259 e. The fraction of sp³-hybridized carbons (Fsp3) is 0.296. The molecule has 1 aliphatic rings. The molecule has 7 heteroatoms. The van der Waals surface area contributed by atoms with Gasteiger partial charge in [0, 0.05) is 29.1 Å². The van der Waals surface area contributed by atoms with Crippen molar-refractivity contribution >= 4 is 45.8 Å². The van der Waals surface area contributed by atoms with Gasteiger partial charge < -0.3 is 10.2 Å². The first-order chi connectivity index (χ1) is 16.4. The third-order valence-corrected chi connectivity index (χ3v) is 6.46. The molecule has 1 aliphatic heterocycles. The van der Waals surface area contributed by atoms with Crippen LogP contribution in [0, 0.1) is 0 Å². The van der Waals surface area contributed by atoms with Gasteiger partial charge in [-0.15, -0.1) is 0 Å². The standard InChI is InChI=1S/C27H28ClN3O3/c1-3-4-15-29-26(33)18(2)30(16-19-11-13-21(28)14-12-19)24(32)17-31-23-10-6-8-20-7-5-9-22(25(20)23)27(31)34/h5-14,18H,3-4,15-17H2,1-2H3,(H,29,33)/t18-/m0/s1. The molecule has 0 saturated carbocycles. The number of nitrogens with one attached hydrogen (secondary N) is 1. The van der Waals surface area contributed by atoms with E-state index in [9.17, 15) is 14.4 Å². The number of anilines is 1. The lowest BCUT2D eigenvalue weighted by Crippen LogP contribution is -2.51. The van der Waals surface area contributed by atoms with Crippen LogP contribution < -0.4 is 10.2 Å². The molecule has 0 unspecified atom stereocenters. The second-order valence-electron chi connectivity index (χ2n) is 8.54. The van der Waals surface area contributed by atoms with Crippen LogP contribution in [0.1, 0.15) is 42.6 Å². The number of carbonyl (C=O) groups is 3. The Kier molecular flexibility index (Phi) is 7.17. The minimum atomic E-state index is -0.698. The van der Waals surface area contributed by atoms with Crippen LogP contribution in [0.25, 0.3) is 10.8 Å². The summed E-state index contributed by atoms with van der Waals surface area (Å²) in [4.78, 5) is 42.6. The molecule has 0 bridgehead atoms. The van der Waals surface area contributed by atoms with E-state index in [1.807, 2.05) is 42.5 Å². The van der Waals surface area contributed by atoms with E-state index in [1.54, 1.807) is 25.1 Å². The molecule has 0 fully saturated rings. The average molecular weight is 478 g/mol. The Morgan fingerprint density at radius 2 is 1.76 bits per heavy atom. The summed E-state index contributed by atoms with van der Waals surface area (Å²) in [6.07, 6.45) is 1.83. The molecule has 1 atom stereocenters.